The van der Waals surface area contributed by atoms with Gasteiger partial charge in [-0.1, -0.05) is 0 Å². The van der Waals surface area contributed by atoms with Crippen molar-refractivity contribution in [1.29, 1.82) is 10.7 Å². The quantitative estimate of drug-likeness (QED) is 0.438. The van der Waals surface area contributed by atoms with E-state index in [1.807, 2.05) is 0 Å². The van der Waals surface area contributed by atoms with Gasteiger partial charge >= 0.3 is 79.0 Å². The summed E-state index contributed by atoms with van der Waals surface area (Å²) in [5.41, 5.74) is 0. The molecule has 0 radical (unpaired) electrons. The molecule has 0 unspecified atom stereocenters. The number of rotatable bonds is 2. The van der Waals surface area contributed by atoms with Gasteiger partial charge < -0.3 is 0 Å². The van der Waals surface area contributed by atoms with Gasteiger partial charge in [0.2, 0.25) is 0 Å². The Morgan fingerprint density at radius 3 is 2.67 bits per heavy atom. The van der Waals surface area contributed by atoms with E-state index in [4.69, 9.17) is 10.7 Å². The predicted octanol–water partition coefficient (Wildman–Crippen LogP) is 1.05. The number of hydrogen-bond donors (Lipinski definition) is 1. The zero-order valence-corrected chi connectivity index (χ0v) is 8.76. The van der Waals surface area contributed by atoms with Crippen molar-refractivity contribution in [2.24, 2.45) is 0 Å². The SMILES string of the molecule is N#CC[Se]C(=N)N1CCCCC1. The number of nitriles is 1. The maximum absolute atomic E-state index is 8.36. The molecule has 0 saturated carbocycles. The Hall–Kier alpha value is -0.521. The van der Waals surface area contributed by atoms with Crippen LogP contribution >= 0.6 is 0 Å². The van der Waals surface area contributed by atoms with Crippen LogP contribution in [0.25, 0.3) is 0 Å². The molecule has 0 spiro atoms. The number of hydrogen-bond acceptors (Lipinski definition) is 2. The molecular formula is C8H13N3Se. The molecular weight excluding hydrogens is 217 g/mol. The number of nitrogens with zero attached hydrogens (tertiary/aromatic N) is 2. The van der Waals surface area contributed by atoms with Gasteiger partial charge in [0.15, 0.2) is 0 Å². The third-order valence-corrected chi connectivity index (χ3v) is 3.61. The van der Waals surface area contributed by atoms with E-state index in [1.165, 1.54) is 19.3 Å². The van der Waals surface area contributed by atoms with E-state index in [0.717, 1.165) is 13.1 Å². The molecule has 0 bridgehead atoms. The van der Waals surface area contributed by atoms with Gasteiger partial charge in [0, 0.05) is 0 Å². The normalized spacial score (nSPS) is 17.1. The van der Waals surface area contributed by atoms with Gasteiger partial charge in [0.05, 0.1) is 0 Å². The van der Waals surface area contributed by atoms with Crippen LogP contribution in [0.15, 0.2) is 0 Å². The van der Waals surface area contributed by atoms with Crippen molar-refractivity contribution in [3.8, 4) is 6.07 Å². The van der Waals surface area contributed by atoms with Crippen LogP contribution in [-0.2, 0) is 0 Å². The monoisotopic (exact) mass is 231 g/mol. The first-order valence-electron chi connectivity index (χ1n) is 4.18. The van der Waals surface area contributed by atoms with E-state index < -0.39 is 0 Å². The molecule has 12 heavy (non-hydrogen) atoms. The molecule has 0 aromatic rings. The zero-order chi connectivity index (χ0) is 8.81. The van der Waals surface area contributed by atoms with Crippen LogP contribution < -0.4 is 0 Å². The van der Waals surface area contributed by atoms with Gasteiger partial charge in [0.1, 0.15) is 0 Å². The van der Waals surface area contributed by atoms with Crippen molar-refractivity contribution < 1.29 is 0 Å². The average molecular weight is 230 g/mol. The topological polar surface area (TPSA) is 50.9 Å². The third-order valence-electron chi connectivity index (χ3n) is 1.92. The van der Waals surface area contributed by atoms with Gasteiger partial charge in [0.25, 0.3) is 0 Å². The van der Waals surface area contributed by atoms with E-state index in [-0.39, 0.29) is 15.0 Å². The second kappa shape index (κ2) is 5.18. The average Bonchev–Trinajstić information content (AvgIpc) is 2.15. The molecule has 0 aromatic carbocycles. The van der Waals surface area contributed by atoms with Gasteiger partial charge in [-0.3, -0.25) is 0 Å². The number of piperidine rings is 1. The first-order valence-corrected chi connectivity index (χ1v) is 6.24. The van der Waals surface area contributed by atoms with E-state index in [9.17, 15) is 0 Å². The molecule has 3 nitrogen and oxygen atoms in total. The molecule has 0 aromatic heterocycles. The Labute approximate surface area is 79.4 Å². The van der Waals surface area contributed by atoms with E-state index in [1.54, 1.807) is 0 Å². The Morgan fingerprint density at radius 2 is 2.08 bits per heavy atom. The Kier molecular flexibility index (Phi) is 4.13. The van der Waals surface area contributed by atoms with Crippen molar-refractivity contribution >= 4 is 19.7 Å². The van der Waals surface area contributed by atoms with Crippen LogP contribution in [0.4, 0.5) is 0 Å². The van der Waals surface area contributed by atoms with E-state index >= 15 is 0 Å². The molecule has 66 valence electrons. The number of nitrogens with one attached hydrogen (secondary N) is 1. The predicted molar refractivity (Wildman–Crippen MR) is 49.3 cm³/mol. The molecule has 1 rings (SSSR count). The molecule has 0 amide bonds. The van der Waals surface area contributed by atoms with E-state index in [2.05, 4.69) is 11.0 Å². The molecule has 1 fully saturated rings. The van der Waals surface area contributed by atoms with Crippen molar-refractivity contribution in [3.63, 3.8) is 0 Å². The second-order valence-corrected chi connectivity index (χ2v) is 4.82. The molecule has 1 aliphatic rings. The summed E-state index contributed by atoms with van der Waals surface area (Å²) in [6, 6.07) is 2.10. The fourth-order valence-electron chi connectivity index (χ4n) is 1.29. The molecule has 0 aliphatic carbocycles. The number of amidine groups is 1. The van der Waals surface area contributed by atoms with Gasteiger partial charge in [-0.15, -0.1) is 0 Å². The maximum atomic E-state index is 8.36. The summed E-state index contributed by atoms with van der Waals surface area (Å²) in [5.74, 6) is 0. The Bertz CT molecular complexity index is 191. The first-order chi connectivity index (χ1) is 5.84. The summed E-state index contributed by atoms with van der Waals surface area (Å²) in [4.78, 5) is 2.13. The van der Waals surface area contributed by atoms with Crippen LogP contribution in [0.1, 0.15) is 19.3 Å². The van der Waals surface area contributed by atoms with Crippen LogP contribution in [0.5, 0.6) is 0 Å². The molecule has 0 atom stereocenters. The van der Waals surface area contributed by atoms with Crippen LogP contribution in [0, 0.1) is 16.7 Å². The summed E-state index contributed by atoms with van der Waals surface area (Å²) in [6.07, 6.45) is 3.73. The minimum atomic E-state index is 0.0894. The minimum absolute atomic E-state index is 0.0894. The van der Waals surface area contributed by atoms with Crippen molar-refractivity contribution in [3.05, 3.63) is 0 Å². The summed E-state index contributed by atoms with van der Waals surface area (Å²) >= 11 is 0.0894. The molecule has 1 heterocycles. The fourth-order valence-corrected chi connectivity index (χ4v) is 2.48. The summed E-state index contributed by atoms with van der Waals surface area (Å²) in [5, 5.41) is 16.6. The molecule has 1 N–H and O–H groups in total. The van der Waals surface area contributed by atoms with Crippen molar-refractivity contribution in [1.82, 2.24) is 4.90 Å². The van der Waals surface area contributed by atoms with Crippen LogP contribution in [-0.4, -0.2) is 37.7 Å². The molecule has 1 saturated heterocycles. The molecule has 1 aliphatic heterocycles. The summed E-state index contributed by atoms with van der Waals surface area (Å²) in [7, 11) is 0. The fraction of sp³-hybridized carbons (Fsp3) is 0.750. The number of likely N-dealkylation sites (tertiary alicyclic amines) is 1. The van der Waals surface area contributed by atoms with Gasteiger partial charge in [-0.2, -0.15) is 0 Å². The van der Waals surface area contributed by atoms with Gasteiger partial charge in [-0.05, 0) is 0 Å². The summed E-state index contributed by atoms with van der Waals surface area (Å²) < 4.78 is 0.712. The second-order valence-electron chi connectivity index (χ2n) is 2.80. The van der Waals surface area contributed by atoms with Crippen LogP contribution in [0.3, 0.4) is 0 Å². The van der Waals surface area contributed by atoms with Gasteiger partial charge in [-0.25, -0.2) is 0 Å². The summed E-state index contributed by atoms with van der Waals surface area (Å²) in [6.45, 7) is 2.07. The zero-order valence-electron chi connectivity index (χ0n) is 7.05. The van der Waals surface area contributed by atoms with Crippen LogP contribution in [0.2, 0.25) is 5.32 Å². The molecule has 4 heteroatoms. The van der Waals surface area contributed by atoms with Crippen molar-refractivity contribution in [2.45, 2.75) is 24.6 Å². The first kappa shape index (κ1) is 9.57. The third kappa shape index (κ3) is 2.84. The standard InChI is InChI=1S/C8H13N3Se/c9-4-7-12-8(10)11-5-2-1-3-6-11/h10H,1-3,5-7H2. The van der Waals surface area contributed by atoms with E-state index in [0.29, 0.717) is 10.1 Å². The Balaban J connectivity index is 2.26. The Morgan fingerprint density at radius 1 is 1.42 bits per heavy atom. The van der Waals surface area contributed by atoms with Crippen molar-refractivity contribution in [2.75, 3.05) is 13.1 Å².